The van der Waals surface area contributed by atoms with Gasteiger partial charge in [-0.1, -0.05) is 54.2 Å². The van der Waals surface area contributed by atoms with Gasteiger partial charge in [0.1, 0.15) is 10.8 Å². The first-order valence-corrected chi connectivity index (χ1v) is 12.2. The first kappa shape index (κ1) is 22.0. The van der Waals surface area contributed by atoms with Gasteiger partial charge in [-0.3, -0.25) is 9.36 Å². The largest absolute Gasteiger partial charge is 0.366 e. The van der Waals surface area contributed by atoms with Crippen molar-refractivity contribution in [1.29, 1.82) is 0 Å². The summed E-state index contributed by atoms with van der Waals surface area (Å²) in [5.74, 6) is 0.515. The first-order chi connectivity index (χ1) is 16.6. The number of halogens is 1. The Hall–Kier alpha value is -3.82. The van der Waals surface area contributed by atoms with E-state index < -0.39 is 5.91 Å². The highest BCUT2D eigenvalue weighted by Gasteiger charge is 2.17. The van der Waals surface area contributed by atoms with Gasteiger partial charge in [-0.15, -0.1) is 21.5 Å². The SMILES string of the molecule is NC(=O)c1ccc(-c2nc(CSc3nnc(-c4ccccc4)n3-c3ccc(F)cc3)cs2)cc1. The highest BCUT2D eigenvalue weighted by atomic mass is 32.2. The number of carbonyl (C=O) groups excluding carboxylic acids is 1. The lowest BCUT2D eigenvalue weighted by Crippen LogP contribution is -2.10. The van der Waals surface area contributed by atoms with Crippen LogP contribution in [0, 0.1) is 5.82 Å². The van der Waals surface area contributed by atoms with E-state index in [4.69, 9.17) is 10.7 Å². The number of nitrogens with two attached hydrogens (primary N) is 1. The average molecular weight is 488 g/mol. The fourth-order valence-electron chi connectivity index (χ4n) is 3.38. The number of aromatic nitrogens is 4. The van der Waals surface area contributed by atoms with Gasteiger partial charge >= 0.3 is 0 Å². The Bertz CT molecular complexity index is 1430. The van der Waals surface area contributed by atoms with Crippen LogP contribution in [0.15, 0.2) is 89.4 Å². The lowest BCUT2D eigenvalue weighted by atomic mass is 10.1. The Kier molecular flexibility index (Phi) is 6.20. The van der Waals surface area contributed by atoms with E-state index in [0.29, 0.717) is 22.3 Å². The van der Waals surface area contributed by atoms with E-state index >= 15 is 0 Å². The summed E-state index contributed by atoms with van der Waals surface area (Å²) in [6.45, 7) is 0. The van der Waals surface area contributed by atoms with Crippen LogP contribution in [0.3, 0.4) is 0 Å². The van der Waals surface area contributed by atoms with Gasteiger partial charge in [0.25, 0.3) is 0 Å². The highest BCUT2D eigenvalue weighted by Crippen LogP contribution is 2.31. The molecule has 2 N–H and O–H groups in total. The van der Waals surface area contributed by atoms with E-state index in [1.807, 2.05) is 52.4 Å². The van der Waals surface area contributed by atoms with E-state index in [-0.39, 0.29) is 5.82 Å². The van der Waals surface area contributed by atoms with E-state index in [0.717, 1.165) is 27.5 Å². The second-order valence-corrected chi connectivity index (χ2v) is 9.16. The van der Waals surface area contributed by atoms with Crippen LogP contribution in [0.4, 0.5) is 4.39 Å². The first-order valence-electron chi connectivity index (χ1n) is 10.3. The molecule has 0 saturated carbocycles. The van der Waals surface area contributed by atoms with Crippen molar-refractivity contribution in [2.45, 2.75) is 10.9 Å². The van der Waals surface area contributed by atoms with Crippen molar-refractivity contribution in [2.75, 3.05) is 0 Å². The molecule has 0 aliphatic carbocycles. The number of amides is 1. The van der Waals surface area contributed by atoms with Gasteiger partial charge in [-0.25, -0.2) is 9.37 Å². The molecule has 0 fully saturated rings. The zero-order valence-electron chi connectivity index (χ0n) is 17.8. The maximum atomic E-state index is 13.5. The topological polar surface area (TPSA) is 86.7 Å². The smallest absolute Gasteiger partial charge is 0.248 e. The normalized spacial score (nSPS) is 11.0. The van der Waals surface area contributed by atoms with E-state index in [9.17, 15) is 9.18 Å². The molecule has 0 spiro atoms. The third-order valence-electron chi connectivity index (χ3n) is 5.07. The van der Waals surface area contributed by atoms with Gasteiger partial charge in [0.2, 0.25) is 5.91 Å². The highest BCUT2D eigenvalue weighted by molar-refractivity contribution is 7.98. The van der Waals surface area contributed by atoms with Crippen molar-refractivity contribution in [3.63, 3.8) is 0 Å². The maximum Gasteiger partial charge on any atom is 0.248 e. The predicted octanol–water partition coefficient (Wildman–Crippen LogP) is 5.59. The van der Waals surface area contributed by atoms with Gasteiger partial charge in [-0.2, -0.15) is 0 Å². The third kappa shape index (κ3) is 4.61. The Morgan fingerprint density at radius 3 is 2.38 bits per heavy atom. The van der Waals surface area contributed by atoms with Crippen LogP contribution in [0.5, 0.6) is 0 Å². The number of hydrogen-bond acceptors (Lipinski definition) is 6. The van der Waals surface area contributed by atoms with E-state index in [1.165, 1.54) is 35.2 Å². The molecule has 9 heteroatoms. The lowest BCUT2D eigenvalue weighted by molar-refractivity contribution is 0.100. The van der Waals surface area contributed by atoms with Crippen molar-refractivity contribution >= 4 is 29.0 Å². The number of rotatable bonds is 7. The van der Waals surface area contributed by atoms with Crippen LogP contribution in [0.2, 0.25) is 0 Å². The molecule has 6 nitrogen and oxygen atoms in total. The third-order valence-corrected chi connectivity index (χ3v) is 6.97. The molecule has 5 rings (SSSR count). The molecule has 3 aromatic carbocycles. The summed E-state index contributed by atoms with van der Waals surface area (Å²) in [5.41, 5.74) is 9.30. The fraction of sp³-hybridized carbons (Fsp3) is 0.0400. The molecule has 34 heavy (non-hydrogen) atoms. The molecule has 0 aliphatic rings. The monoisotopic (exact) mass is 487 g/mol. The Morgan fingerprint density at radius 1 is 0.941 bits per heavy atom. The number of carbonyl (C=O) groups is 1. The summed E-state index contributed by atoms with van der Waals surface area (Å²) in [5, 5.41) is 12.4. The molecule has 168 valence electrons. The molecule has 2 aromatic heterocycles. The van der Waals surface area contributed by atoms with Gasteiger partial charge in [0.15, 0.2) is 11.0 Å². The zero-order valence-corrected chi connectivity index (χ0v) is 19.4. The predicted molar refractivity (Wildman–Crippen MR) is 132 cm³/mol. The molecule has 0 aliphatic heterocycles. The Morgan fingerprint density at radius 2 is 1.68 bits per heavy atom. The number of nitrogens with zero attached hydrogens (tertiary/aromatic N) is 4. The Balaban J connectivity index is 1.40. The zero-order chi connectivity index (χ0) is 23.5. The van der Waals surface area contributed by atoms with Crippen LogP contribution >= 0.6 is 23.1 Å². The number of thioether (sulfide) groups is 1. The van der Waals surface area contributed by atoms with Gasteiger partial charge in [0, 0.05) is 33.5 Å². The average Bonchev–Trinajstić information content (AvgIpc) is 3.51. The molecule has 5 aromatic rings. The minimum Gasteiger partial charge on any atom is -0.366 e. The van der Waals surface area contributed by atoms with Crippen molar-refractivity contribution in [1.82, 2.24) is 19.7 Å². The van der Waals surface area contributed by atoms with Crippen LogP contribution in [0.1, 0.15) is 16.1 Å². The van der Waals surface area contributed by atoms with E-state index in [1.54, 1.807) is 24.3 Å². The van der Waals surface area contributed by atoms with Crippen LogP contribution in [-0.4, -0.2) is 25.7 Å². The molecule has 0 atom stereocenters. The molecule has 1 amide bonds. The molecule has 2 heterocycles. The quantitative estimate of drug-likeness (QED) is 0.303. The Labute approximate surface area is 203 Å². The van der Waals surface area contributed by atoms with Crippen LogP contribution < -0.4 is 5.73 Å². The summed E-state index contributed by atoms with van der Waals surface area (Å²) in [4.78, 5) is 16.0. The van der Waals surface area contributed by atoms with Crippen molar-refractivity contribution in [2.24, 2.45) is 5.73 Å². The molecule has 0 bridgehead atoms. The number of primary amides is 1. The second kappa shape index (κ2) is 9.58. The van der Waals surface area contributed by atoms with Crippen LogP contribution in [-0.2, 0) is 5.75 Å². The number of hydrogen-bond donors (Lipinski definition) is 1. The number of thiazole rings is 1. The molecule has 0 unspecified atom stereocenters. The van der Waals surface area contributed by atoms with Crippen molar-refractivity contribution < 1.29 is 9.18 Å². The standard InChI is InChI=1S/C25H18FN5OS2/c26-19-10-12-21(13-11-19)31-23(17-4-2-1-3-5-17)29-30-25(31)34-15-20-14-33-24(28-20)18-8-6-16(7-9-18)22(27)32/h1-14H,15H2,(H2,27,32). The molecular formula is C25H18FN5OS2. The molecule has 0 radical (unpaired) electrons. The minimum absolute atomic E-state index is 0.300. The fourth-order valence-corrected chi connectivity index (χ4v) is 5.16. The van der Waals surface area contributed by atoms with Crippen molar-refractivity contribution in [3.05, 3.63) is 101 Å². The summed E-state index contributed by atoms with van der Waals surface area (Å²) < 4.78 is 15.5. The second-order valence-electron chi connectivity index (χ2n) is 7.36. The summed E-state index contributed by atoms with van der Waals surface area (Å²) in [6.07, 6.45) is 0. The lowest BCUT2D eigenvalue weighted by Gasteiger charge is -2.10. The van der Waals surface area contributed by atoms with Gasteiger partial charge in [-0.05, 0) is 36.4 Å². The molecule has 0 saturated heterocycles. The summed E-state index contributed by atoms with van der Waals surface area (Å²) in [6, 6.07) is 23.1. The van der Waals surface area contributed by atoms with Gasteiger partial charge in [0.05, 0.1) is 5.69 Å². The summed E-state index contributed by atoms with van der Waals surface area (Å²) >= 11 is 3.04. The van der Waals surface area contributed by atoms with Gasteiger partial charge < -0.3 is 5.73 Å². The van der Waals surface area contributed by atoms with E-state index in [2.05, 4.69) is 10.2 Å². The van der Waals surface area contributed by atoms with Crippen LogP contribution in [0.25, 0.3) is 27.6 Å². The molecular weight excluding hydrogens is 469 g/mol. The summed E-state index contributed by atoms with van der Waals surface area (Å²) in [7, 11) is 0. The maximum absolute atomic E-state index is 13.5. The minimum atomic E-state index is -0.456. The number of benzene rings is 3. The van der Waals surface area contributed by atoms with Crippen molar-refractivity contribution in [3.8, 4) is 27.6 Å².